The van der Waals surface area contributed by atoms with Crippen molar-refractivity contribution in [1.29, 1.82) is 0 Å². The molecule has 1 fully saturated rings. The highest BCUT2D eigenvalue weighted by Crippen LogP contribution is 2.19. The van der Waals surface area contributed by atoms with Gasteiger partial charge in [-0.25, -0.2) is 0 Å². The Morgan fingerprint density at radius 1 is 1.35 bits per heavy atom. The third kappa shape index (κ3) is 6.31. The van der Waals surface area contributed by atoms with E-state index >= 15 is 0 Å². The number of aliphatic imine (C=N–C) groups is 1. The van der Waals surface area contributed by atoms with Crippen molar-refractivity contribution in [3.8, 4) is 0 Å². The molecule has 0 aromatic heterocycles. The van der Waals surface area contributed by atoms with Gasteiger partial charge in [0.25, 0.3) is 0 Å². The molecule has 6 heteroatoms. The molecule has 0 bridgehead atoms. The predicted octanol–water partition coefficient (Wildman–Crippen LogP) is 2.76. The van der Waals surface area contributed by atoms with Gasteiger partial charge in [0.05, 0.1) is 6.04 Å². The minimum absolute atomic E-state index is 0.250. The van der Waals surface area contributed by atoms with Crippen molar-refractivity contribution in [2.45, 2.75) is 24.9 Å². The number of rotatable bonds is 7. The van der Waals surface area contributed by atoms with Crippen LogP contribution in [0.25, 0.3) is 0 Å². The van der Waals surface area contributed by atoms with Gasteiger partial charge in [0, 0.05) is 44.3 Å². The lowest BCUT2D eigenvalue weighted by Crippen LogP contribution is -2.49. The molecule has 0 aliphatic carbocycles. The molecule has 5 nitrogen and oxygen atoms in total. The second kappa shape index (κ2) is 10.6. The Hall–Kier alpha value is -1.56. The van der Waals surface area contributed by atoms with Crippen LogP contribution in [0.4, 0.5) is 0 Å². The lowest BCUT2D eigenvalue weighted by Gasteiger charge is -2.33. The maximum atomic E-state index is 6.02. The Morgan fingerprint density at radius 3 is 2.54 bits per heavy atom. The summed E-state index contributed by atoms with van der Waals surface area (Å²) < 4.78 is 0. The number of likely N-dealkylation sites (tertiary alicyclic amines) is 1. The third-order valence-corrected chi connectivity index (χ3v) is 5.13. The molecule has 26 heavy (non-hydrogen) atoms. The summed E-state index contributed by atoms with van der Waals surface area (Å²) in [6.07, 6.45) is 4.23. The van der Waals surface area contributed by atoms with E-state index < -0.39 is 0 Å². The molecule has 0 spiro atoms. The van der Waals surface area contributed by atoms with Gasteiger partial charge in [-0.2, -0.15) is 0 Å². The minimum Gasteiger partial charge on any atom is -0.354 e. The maximum Gasteiger partial charge on any atom is 0.191 e. The molecule has 1 saturated heterocycles. The first-order valence-corrected chi connectivity index (χ1v) is 9.63. The number of hydrogen-bond donors (Lipinski definition) is 2. The minimum atomic E-state index is 0.250. The standard InChI is InChI=1S/C20H32ClN5/c1-5-12-26-13-10-18(11-14-26)24-20(22-2)23-15-19(25(3)4)16-6-8-17(21)9-7-16/h5-9,18-19H,1,10-15H2,2-4H3,(H2,22,23,24). The number of guanidine groups is 1. The van der Waals surface area contributed by atoms with Crippen molar-refractivity contribution in [3.63, 3.8) is 0 Å². The van der Waals surface area contributed by atoms with Gasteiger partial charge < -0.3 is 15.5 Å². The summed E-state index contributed by atoms with van der Waals surface area (Å²) in [5.41, 5.74) is 1.24. The van der Waals surface area contributed by atoms with Crippen LogP contribution in [0.5, 0.6) is 0 Å². The molecule has 1 aliphatic heterocycles. The Balaban J connectivity index is 1.86. The molecule has 0 saturated carbocycles. The normalized spacial score (nSPS) is 18.0. The number of halogens is 1. The molecule has 1 atom stereocenters. The first kappa shape index (κ1) is 20.7. The van der Waals surface area contributed by atoms with E-state index in [1.165, 1.54) is 5.56 Å². The second-order valence-corrected chi connectivity index (χ2v) is 7.43. The van der Waals surface area contributed by atoms with Gasteiger partial charge in [-0.05, 0) is 44.6 Å². The number of benzene rings is 1. The number of nitrogens with one attached hydrogen (secondary N) is 2. The summed E-state index contributed by atoms with van der Waals surface area (Å²) in [4.78, 5) is 9.04. The zero-order chi connectivity index (χ0) is 18.9. The van der Waals surface area contributed by atoms with Gasteiger partial charge in [-0.15, -0.1) is 6.58 Å². The Labute approximate surface area is 163 Å². The number of likely N-dealkylation sites (N-methyl/N-ethyl adjacent to an activating group) is 1. The average Bonchev–Trinajstić information content (AvgIpc) is 2.63. The van der Waals surface area contributed by atoms with Crippen LogP contribution in [-0.4, -0.2) is 69.1 Å². The molecule has 1 aliphatic rings. The van der Waals surface area contributed by atoms with Crippen LogP contribution in [0.1, 0.15) is 24.4 Å². The van der Waals surface area contributed by atoms with Crippen LogP contribution >= 0.6 is 11.6 Å². The van der Waals surface area contributed by atoms with Gasteiger partial charge in [0.2, 0.25) is 0 Å². The summed E-state index contributed by atoms with van der Waals surface area (Å²) in [6, 6.07) is 8.77. The summed E-state index contributed by atoms with van der Waals surface area (Å²) in [7, 11) is 6.01. The third-order valence-electron chi connectivity index (χ3n) is 4.88. The Morgan fingerprint density at radius 2 is 2.00 bits per heavy atom. The van der Waals surface area contributed by atoms with E-state index in [9.17, 15) is 0 Å². The maximum absolute atomic E-state index is 6.02. The Kier molecular flexibility index (Phi) is 8.42. The van der Waals surface area contributed by atoms with Gasteiger partial charge in [-0.1, -0.05) is 29.8 Å². The lowest BCUT2D eigenvalue weighted by molar-refractivity contribution is 0.224. The quantitative estimate of drug-likeness (QED) is 0.435. The number of hydrogen-bond acceptors (Lipinski definition) is 3. The average molecular weight is 378 g/mol. The van der Waals surface area contributed by atoms with Crippen LogP contribution in [-0.2, 0) is 0 Å². The molecule has 1 unspecified atom stereocenters. The highest BCUT2D eigenvalue weighted by Gasteiger charge is 2.20. The molecule has 0 radical (unpaired) electrons. The molecule has 2 rings (SSSR count). The lowest BCUT2D eigenvalue weighted by atomic mass is 10.1. The van der Waals surface area contributed by atoms with E-state index in [1.807, 2.05) is 25.3 Å². The molecule has 144 valence electrons. The zero-order valence-electron chi connectivity index (χ0n) is 16.2. The molecule has 0 amide bonds. The van der Waals surface area contributed by atoms with Crippen molar-refractivity contribution < 1.29 is 0 Å². The topological polar surface area (TPSA) is 42.9 Å². The van der Waals surface area contributed by atoms with Gasteiger partial charge >= 0.3 is 0 Å². The molecule has 1 aromatic rings. The fourth-order valence-electron chi connectivity index (χ4n) is 3.31. The monoisotopic (exact) mass is 377 g/mol. The smallest absolute Gasteiger partial charge is 0.191 e. The van der Waals surface area contributed by atoms with Crippen molar-refractivity contribution in [2.75, 3.05) is 47.3 Å². The van der Waals surface area contributed by atoms with Crippen LogP contribution in [0.15, 0.2) is 41.9 Å². The molecule has 2 N–H and O–H groups in total. The van der Waals surface area contributed by atoms with E-state index in [0.29, 0.717) is 6.04 Å². The first-order valence-electron chi connectivity index (χ1n) is 9.25. The summed E-state index contributed by atoms with van der Waals surface area (Å²) in [6.45, 7) is 7.79. The van der Waals surface area contributed by atoms with E-state index in [-0.39, 0.29) is 6.04 Å². The number of piperidine rings is 1. The number of nitrogens with zero attached hydrogens (tertiary/aromatic N) is 3. The van der Waals surface area contributed by atoms with Gasteiger partial charge in [0.1, 0.15) is 0 Å². The van der Waals surface area contributed by atoms with Crippen molar-refractivity contribution in [3.05, 3.63) is 47.5 Å². The Bertz CT molecular complexity index is 576. The molecular formula is C20H32ClN5. The highest BCUT2D eigenvalue weighted by molar-refractivity contribution is 6.30. The van der Waals surface area contributed by atoms with Gasteiger partial charge in [-0.3, -0.25) is 9.89 Å². The zero-order valence-corrected chi connectivity index (χ0v) is 17.0. The van der Waals surface area contributed by atoms with Crippen LogP contribution in [0, 0.1) is 0 Å². The van der Waals surface area contributed by atoms with E-state index in [1.54, 1.807) is 0 Å². The fraction of sp³-hybridized carbons (Fsp3) is 0.550. The first-order chi connectivity index (χ1) is 12.5. The second-order valence-electron chi connectivity index (χ2n) is 6.99. The van der Waals surface area contributed by atoms with E-state index in [4.69, 9.17) is 11.6 Å². The van der Waals surface area contributed by atoms with Crippen LogP contribution in [0.2, 0.25) is 5.02 Å². The van der Waals surface area contributed by atoms with Crippen molar-refractivity contribution in [1.82, 2.24) is 20.4 Å². The van der Waals surface area contributed by atoms with Crippen molar-refractivity contribution >= 4 is 17.6 Å². The summed E-state index contributed by atoms with van der Waals surface area (Å²) >= 11 is 6.02. The fourth-order valence-corrected chi connectivity index (χ4v) is 3.43. The van der Waals surface area contributed by atoms with Crippen LogP contribution < -0.4 is 10.6 Å². The summed E-state index contributed by atoms with van der Waals surface area (Å²) in [5, 5.41) is 7.82. The van der Waals surface area contributed by atoms with Crippen molar-refractivity contribution in [2.24, 2.45) is 4.99 Å². The molecule has 1 heterocycles. The summed E-state index contributed by atoms with van der Waals surface area (Å²) in [5.74, 6) is 0.869. The van der Waals surface area contributed by atoms with Crippen LogP contribution in [0.3, 0.4) is 0 Å². The van der Waals surface area contributed by atoms with E-state index in [0.717, 1.165) is 50.0 Å². The SMILES string of the molecule is C=CCN1CCC(NC(=NC)NCC(c2ccc(Cl)cc2)N(C)C)CC1. The van der Waals surface area contributed by atoms with E-state index in [2.05, 4.69) is 58.2 Å². The molecule has 1 aromatic carbocycles. The largest absolute Gasteiger partial charge is 0.354 e. The van der Waals surface area contributed by atoms with Gasteiger partial charge in [0.15, 0.2) is 5.96 Å². The highest BCUT2D eigenvalue weighted by atomic mass is 35.5. The predicted molar refractivity (Wildman–Crippen MR) is 112 cm³/mol. The molecular weight excluding hydrogens is 346 g/mol.